The number of nitrogens with one attached hydrogen (secondary N) is 1. The van der Waals surface area contributed by atoms with Gasteiger partial charge >= 0.3 is 5.91 Å². The van der Waals surface area contributed by atoms with E-state index in [1.54, 1.807) is 25.2 Å². The third-order valence-corrected chi connectivity index (χ3v) is 5.23. The Labute approximate surface area is 188 Å². The molecule has 1 fully saturated rings. The maximum Gasteiger partial charge on any atom is 0.303 e. The first kappa shape index (κ1) is 30.2. The molecule has 0 aliphatic heterocycles. The van der Waals surface area contributed by atoms with E-state index in [0.29, 0.717) is 5.70 Å². The summed E-state index contributed by atoms with van der Waals surface area (Å²) in [5.41, 5.74) is 0.539. The Kier molecular flexibility index (Phi) is 19.2. The molecule has 1 rings (SSSR count). The molecule has 1 unspecified atom stereocenters. The number of thioether (sulfide) groups is 1. The van der Waals surface area contributed by atoms with Gasteiger partial charge in [0.1, 0.15) is 6.04 Å². The summed E-state index contributed by atoms with van der Waals surface area (Å²) in [5.74, 6) is 1.33. The number of rotatable bonds is 8. The molecule has 1 atom stereocenters. The van der Waals surface area contributed by atoms with Crippen LogP contribution in [0.2, 0.25) is 0 Å². The second-order valence-electron chi connectivity index (χ2n) is 6.03. The summed E-state index contributed by atoms with van der Waals surface area (Å²) < 4.78 is 0. The molecule has 0 aromatic heterocycles. The molecule has 0 saturated heterocycles. The minimum absolute atomic E-state index is 0.108. The number of amides is 2. The number of terminal acetylenes is 1. The lowest BCUT2D eigenvalue weighted by Gasteiger charge is -2.32. The van der Waals surface area contributed by atoms with Gasteiger partial charge in [0.25, 0.3) is 0 Å². The summed E-state index contributed by atoms with van der Waals surface area (Å²) in [7, 11) is 0. The summed E-state index contributed by atoms with van der Waals surface area (Å²) in [4.78, 5) is 27.6. The van der Waals surface area contributed by atoms with Crippen LogP contribution in [0.5, 0.6) is 0 Å². The van der Waals surface area contributed by atoms with E-state index in [1.165, 1.54) is 16.7 Å². The third-order valence-electron chi connectivity index (χ3n) is 4.30. The second-order valence-corrected chi connectivity index (χ2v) is 6.91. The molecule has 0 radical (unpaired) electrons. The Balaban J connectivity index is 0. The van der Waals surface area contributed by atoms with E-state index in [1.807, 2.05) is 47.0 Å². The fourth-order valence-corrected chi connectivity index (χ4v) is 3.68. The molecule has 1 aliphatic carbocycles. The molecule has 6 heteroatoms. The Hall–Kier alpha value is -1.97. The zero-order valence-electron chi connectivity index (χ0n) is 19.7. The fourth-order valence-electron chi connectivity index (χ4n) is 3.01. The van der Waals surface area contributed by atoms with Gasteiger partial charge in [-0.25, -0.2) is 0 Å². The van der Waals surface area contributed by atoms with Gasteiger partial charge in [0.05, 0.1) is 6.61 Å². The molecule has 1 aliphatic rings. The highest BCUT2D eigenvalue weighted by Gasteiger charge is 2.34. The first-order chi connectivity index (χ1) is 14.5. The van der Waals surface area contributed by atoms with Crippen LogP contribution in [0.3, 0.4) is 0 Å². The quantitative estimate of drug-likeness (QED) is 0.429. The lowest BCUT2D eigenvalue weighted by atomic mass is 10.1. The summed E-state index contributed by atoms with van der Waals surface area (Å²) in [6.07, 6.45) is 18.0. The molecule has 2 amide bonds. The van der Waals surface area contributed by atoms with Crippen molar-refractivity contribution in [3.05, 3.63) is 34.9 Å². The molecule has 0 bridgehead atoms. The van der Waals surface area contributed by atoms with Gasteiger partial charge in [0, 0.05) is 16.6 Å². The zero-order chi connectivity index (χ0) is 23.5. The van der Waals surface area contributed by atoms with Crippen molar-refractivity contribution >= 4 is 23.6 Å². The van der Waals surface area contributed by atoms with Crippen LogP contribution >= 0.6 is 11.8 Å². The van der Waals surface area contributed by atoms with Crippen LogP contribution in [0.25, 0.3) is 0 Å². The van der Waals surface area contributed by atoms with Crippen LogP contribution in [0, 0.1) is 12.3 Å². The molecule has 0 aromatic carbocycles. The van der Waals surface area contributed by atoms with Gasteiger partial charge in [-0.2, -0.15) is 0 Å². The van der Waals surface area contributed by atoms with Crippen molar-refractivity contribution in [2.75, 3.05) is 12.9 Å². The molecule has 30 heavy (non-hydrogen) atoms. The molecule has 0 spiro atoms. The van der Waals surface area contributed by atoms with Crippen LogP contribution in [0.4, 0.5) is 0 Å². The van der Waals surface area contributed by atoms with Crippen molar-refractivity contribution < 1.29 is 14.7 Å². The second kappa shape index (κ2) is 19.0. The zero-order valence-corrected chi connectivity index (χ0v) is 20.5. The number of aliphatic hydroxyl groups is 1. The highest BCUT2D eigenvalue weighted by molar-refractivity contribution is 8.02. The fraction of sp³-hybridized carbons (Fsp3) is 0.583. The average Bonchev–Trinajstić information content (AvgIpc) is 3.29. The van der Waals surface area contributed by atoms with Crippen molar-refractivity contribution in [3.63, 3.8) is 0 Å². The minimum atomic E-state index is -0.807. The number of carbonyl (C=O) groups is 2. The van der Waals surface area contributed by atoms with Crippen LogP contribution in [0.15, 0.2) is 34.9 Å². The van der Waals surface area contributed by atoms with Crippen molar-refractivity contribution in [1.29, 1.82) is 0 Å². The molecule has 1 saturated carbocycles. The average molecular weight is 437 g/mol. The van der Waals surface area contributed by atoms with Gasteiger partial charge in [0.2, 0.25) is 5.91 Å². The molecule has 0 heterocycles. The molecule has 5 nitrogen and oxygen atoms in total. The number of hydrogen-bond acceptors (Lipinski definition) is 4. The van der Waals surface area contributed by atoms with Gasteiger partial charge in [-0.3, -0.25) is 14.5 Å². The van der Waals surface area contributed by atoms with E-state index in [2.05, 4.69) is 11.2 Å². The SMILES string of the molecule is C#CC(=O)N(/C(C)=C/C=C\CO)C(C(=O)NC1CCCC1)/C(=C/C)SC.CC.CC. The Morgan fingerprint density at radius 1 is 1.27 bits per heavy atom. The monoisotopic (exact) mass is 436 g/mol. The third kappa shape index (κ3) is 10.2. The molecular formula is C24H40N2O3S. The van der Waals surface area contributed by atoms with Gasteiger partial charge in [-0.1, -0.05) is 58.8 Å². The lowest BCUT2D eigenvalue weighted by Crippen LogP contribution is -2.51. The standard InChI is InChI=1S/C20H28N2O3S.2C2H6/c1-5-17(26-4)19(20(25)21-16-12-7-8-13-16)22(18(24)6-2)15(3)11-9-10-14-23;2*1-2/h2,5,9-11,16,19,23H,7-8,12-14H2,1,3-4H3,(H,21,25);2*1-2H3/b10-9-,15-11+,17-5-;;. The number of carbonyl (C=O) groups excluding carboxylic acids is 2. The highest BCUT2D eigenvalue weighted by Crippen LogP contribution is 2.26. The van der Waals surface area contributed by atoms with Crippen molar-refractivity contribution in [3.8, 4) is 12.3 Å². The molecule has 2 N–H and O–H groups in total. The molecule has 0 aromatic rings. The largest absolute Gasteiger partial charge is 0.392 e. The summed E-state index contributed by atoms with van der Waals surface area (Å²) >= 11 is 1.42. The summed E-state index contributed by atoms with van der Waals surface area (Å²) in [5, 5.41) is 12.0. The number of nitrogens with zero attached hydrogens (tertiary/aromatic N) is 1. The predicted octanol–water partition coefficient (Wildman–Crippen LogP) is 4.65. The predicted molar refractivity (Wildman–Crippen MR) is 130 cm³/mol. The Morgan fingerprint density at radius 3 is 2.27 bits per heavy atom. The van der Waals surface area contributed by atoms with Crippen LogP contribution in [-0.2, 0) is 9.59 Å². The maximum absolute atomic E-state index is 13.0. The lowest BCUT2D eigenvalue weighted by molar-refractivity contribution is -0.133. The van der Waals surface area contributed by atoms with Gasteiger partial charge < -0.3 is 10.4 Å². The van der Waals surface area contributed by atoms with Crippen molar-refractivity contribution in [2.24, 2.45) is 0 Å². The van der Waals surface area contributed by atoms with E-state index in [9.17, 15) is 9.59 Å². The Morgan fingerprint density at radius 2 is 1.83 bits per heavy atom. The molecule has 170 valence electrons. The normalized spacial score (nSPS) is 15.3. The van der Waals surface area contributed by atoms with E-state index >= 15 is 0 Å². The first-order valence-corrected chi connectivity index (χ1v) is 12.0. The van der Waals surface area contributed by atoms with Gasteiger partial charge in [-0.15, -0.1) is 18.2 Å². The van der Waals surface area contributed by atoms with Crippen molar-refractivity contribution in [2.45, 2.75) is 79.3 Å². The van der Waals surface area contributed by atoms with E-state index in [4.69, 9.17) is 11.5 Å². The first-order valence-electron chi connectivity index (χ1n) is 10.7. The van der Waals surface area contributed by atoms with Gasteiger partial charge in [0.15, 0.2) is 0 Å². The Bertz CT molecular complexity index is 627. The molecular weight excluding hydrogens is 396 g/mol. The van der Waals surface area contributed by atoms with Crippen molar-refractivity contribution in [1.82, 2.24) is 10.2 Å². The van der Waals surface area contributed by atoms with Crippen LogP contribution in [0.1, 0.15) is 67.2 Å². The number of aliphatic hydroxyl groups excluding tert-OH is 1. The minimum Gasteiger partial charge on any atom is -0.392 e. The number of hydrogen-bond donors (Lipinski definition) is 2. The van der Waals surface area contributed by atoms with Gasteiger partial charge in [-0.05, 0) is 44.9 Å². The maximum atomic E-state index is 13.0. The summed E-state index contributed by atoms with van der Waals surface area (Å²) in [6, 6.07) is -0.663. The van der Waals surface area contributed by atoms with Crippen LogP contribution < -0.4 is 5.32 Å². The van der Waals surface area contributed by atoms with E-state index < -0.39 is 11.9 Å². The summed E-state index contributed by atoms with van der Waals surface area (Å²) in [6.45, 7) is 11.5. The highest BCUT2D eigenvalue weighted by atomic mass is 32.2. The van der Waals surface area contributed by atoms with Crippen LogP contribution in [-0.4, -0.2) is 46.8 Å². The topological polar surface area (TPSA) is 69.6 Å². The number of allylic oxidation sites excluding steroid dienone is 4. The smallest absolute Gasteiger partial charge is 0.303 e. The van der Waals surface area contributed by atoms with E-state index in [-0.39, 0.29) is 18.6 Å². The van der Waals surface area contributed by atoms with E-state index in [0.717, 1.165) is 30.6 Å².